The second-order valence-electron chi connectivity index (χ2n) is 9.28. The number of hydrogen-bond donors (Lipinski definition) is 1. The summed E-state index contributed by atoms with van der Waals surface area (Å²) in [5.74, 6) is 2.19. The summed E-state index contributed by atoms with van der Waals surface area (Å²) in [6.07, 6.45) is 6.04. The lowest BCUT2D eigenvalue weighted by Gasteiger charge is -2.32. The van der Waals surface area contributed by atoms with Gasteiger partial charge in [0.2, 0.25) is 0 Å². The van der Waals surface area contributed by atoms with Gasteiger partial charge in [0.05, 0.1) is 0 Å². The van der Waals surface area contributed by atoms with E-state index in [0.717, 1.165) is 44.0 Å². The van der Waals surface area contributed by atoms with Crippen LogP contribution in [0.2, 0.25) is 0 Å². The van der Waals surface area contributed by atoms with Crippen molar-refractivity contribution in [2.75, 3.05) is 18.4 Å². The van der Waals surface area contributed by atoms with Crippen molar-refractivity contribution in [3.8, 4) is 0 Å². The second kappa shape index (κ2) is 8.38. The number of amides is 2. The van der Waals surface area contributed by atoms with Gasteiger partial charge in [0.15, 0.2) is 0 Å². The van der Waals surface area contributed by atoms with Crippen molar-refractivity contribution >= 4 is 11.7 Å². The zero-order valence-electron chi connectivity index (χ0n) is 17.9. The number of aromatic nitrogens is 2. The van der Waals surface area contributed by atoms with Gasteiger partial charge in [-0.2, -0.15) is 0 Å². The summed E-state index contributed by atoms with van der Waals surface area (Å²) in [5, 5.41) is 3.05. The Hall–Kier alpha value is -2.30. The zero-order chi connectivity index (χ0) is 20.3. The van der Waals surface area contributed by atoms with Gasteiger partial charge in [0, 0.05) is 43.6 Å². The van der Waals surface area contributed by atoms with E-state index in [-0.39, 0.29) is 11.4 Å². The number of hydrogen-bond acceptors (Lipinski definition) is 2. The highest BCUT2D eigenvalue weighted by molar-refractivity contribution is 5.89. The van der Waals surface area contributed by atoms with Crippen LogP contribution in [0.4, 0.5) is 10.5 Å². The zero-order valence-corrected chi connectivity index (χ0v) is 17.9. The van der Waals surface area contributed by atoms with Gasteiger partial charge in [0.25, 0.3) is 0 Å². The lowest BCUT2D eigenvalue weighted by atomic mass is 9.87. The van der Waals surface area contributed by atoms with Crippen molar-refractivity contribution in [2.45, 2.75) is 65.3 Å². The topological polar surface area (TPSA) is 50.2 Å². The molecule has 1 fully saturated rings. The highest BCUT2D eigenvalue weighted by atomic mass is 16.2. The van der Waals surface area contributed by atoms with E-state index >= 15 is 0 Å². The Morgan fingerprint density at radius 1 is 1.18 bits per heavy atom. The minimum atomic E-state index is 0.00691. The molecule has 1 N–H and O–H groups in total. The fourth-order valence-corrected chi connectivity index (χ4v) is 3.83. The smallest absolute Gasteiger partial charge is 0.321 e. The van der Waals surface area contributed by atoms with Crippen molar-refractivity contribution in [3.05, 3.63) is 48.0 Å². The molecular weight excluding hydrogens is 348 g/mol. The number of carbonyl (C=O) groups is 1. The fourth-order valence-electron chi connectivity index (χ4n) is 3.83. The Labute approximate surface area is 169 Å². The molecule has 0 saturated carbocycles. The Kier molecular flexibility index (Phi) is 6.11. The highest BCUT2D eigenvalue weighted by Gasteiger charge is 2.24. The van der Waals surface area contributed by atoms with E-state index in [1.54, 1.807) is 0 Å². The van der Waals surface area contributed by atoms with Gasteiger partial charge < -0.3 is 14.8 Å². The largest absolute Gasteiger partial charge is 0.334 e. The van der Waals surface area contributed by atoms with Gasteiger partial charge in [-0.25, -0.2) is 9.78 Å². The minimum absolute atomic E-state index is 0.00691. The van der Waals surface area contributed by atoms with E-state index in [0.29, 0.717) is 11.8 Å². The molecule has 2 heterocycles. The van der Waals surface area contributed by atoms with E-state index in [1.165, 1.54) is 5.56 Å². The number of nitrogens with one attached hydrogen (secondary N) is 1. The molecule has 1 aliphatic rings. The summed E-state index contributed by atoms with van der Waals surface area (Å²) >= 11 is 0. The van der Waals surface area contributed by atoms with Crippen LogP contribution in [0.25, 0.3) is 0 Å². The van der Waals surface area contributed by atoms with Gasteiger partial charge in [-0.3, -0.25) is 0 Å². The first kappa shape index (κ1) is 20.4. The van der Waals surface area contributed by atoms with Crippen LogP contribution in [0.3, 0.4) is 0 Å². The second-order valence-corrected chi connectivity index (χ2v) is 9.28. The molecule has 1 aromatic heterocycles. The number of urea groups is 1. The van der Waals surface area contributed by atoms with Gasteiger partial charge in [-0.1, -0.05) is 46.8 Å². The molecule has 1 aromatic carbocycles. The van der Waals surface area contributed by atoms with Crippen LogP contribution >= 0.6 is 0 Å². The Bertz CT molecular complexity index is 778. The molecule has 1 saturated heterocycles. The summed E-state index contributed by atoms with van der Waals surface area (Å²) in [7, 11) is 0. The van der Waals surface area contributed by atoms with E-state index < -0.39 is 0 Å². The number of imidazole rings is 1. The molecule has 5 nitrogen and oxygen atoms in total. The quantitative estimate of drug-likeness (QED) is 0.785. The fraction of sp³-hybridized carbons (Fsp3) is 0.565. The third-order valence-corrected chi connectivity index (χ3v) is 5.62. The third kappa shape index (κ3) is 4.94. The van der Waals surface area contributed by atoms with Gasteiger partial charge in [-0.15, -0.1) is 0 Å². The number of likely N-dealkylation sites (tertiary alicyclic amines) is 1. The molecule has 1 aliphatic heterocycles. The van der Waals surface area contributed by atoms with E-state index in [9.17, 15) is 4.79 Å². The predicted molar refractivity (Wildman–Crippen MR) is 115 cm³/mol. The van der Waals surface area contributed by atoms with Crippen molar-refractivity contribution < 1.29 is 4.79 Å². The molecular formula is C23H34N4O. The lowest BCUT2D eigenvalue weighted by Crippen LogP contribution is -2.41. The van der Waals surface area contributed by atoms with Crippen molar-refractivity contribution in [1.29, 1.82) is 0 Å². The van der Waals surface area contributed by atoms with E-state index in [1.807, 2.05) is 23.2 Å². The maximum atomic E-state index is 12.6. The van der Waals surface area contributed by atoms with Crippen LogP contribution in [-0.4, -0.2) is 33.6 Å². The van der Waals surface area contributed by atoms with Crippen LogP contribution in [0, 0.1) is 5.92 Å². The standard InChI is InChI=1S/C23H34N4O/c1-17(2)21-24-12-15-27(21)16-18-10-13-26(14-11-18)22(28)25-20-8-6-19(7-9-20)23(3,4)5/h6-9,12,15,17-18H,10-11,13-14,16H2,1-5H3,(H,25,28). The molecule has 2 amide bonds. The molecule has 0 bridgehead atoms. The molecule has 0 aliphatic carbocycles. The first-order valence-corrected chi connectivity index (χ1v) is 10.4. The molecule has 0 spiro atoms. The summed E-state index contributed by atoms with van der Waals surface area (Å²) in [6.45, 7) is 13.6. The number of nitrogens with zero attached hydrogens (tertiary/aromatic N) is 3. The lowest BCUT2D eigenvalue weighted by molar-refractivity contribution is 0.176. The Morgan fingerprint density at radius 2 is 1.82 bits per heavy atom. The molecule has 0 atom stereocenters. The molecule has 3 rings (SSSR count). The Balaban J connectivity index is 1.50. The highest BCUT2D eigenvalue weighted by Crippen LogP contribution is 2.25. The minimum Gasteiger partial charge on any atom is -0.334 e. The van der Waals surface area contributed by atoms with Crippen LogP contribution < -0.4 is 5.32 Å². The summed E-state index contributed by atoms with van der Waals surface area (Å²) in [5.41, 5.74) is 2.25. The predicted octanol–water partition coefficient (Wildman–Crippen LogP) is 5.25. The molecule has 5 heteroatoms. The van der Waals surface area contributed by atoms with Gasteiger partial charge >= 0.3 is 6.03 Å². The van der Waals surface area contributed by atoms with Gasteiger partial charge in [-0.05, 0) is 41.9 Å². The van der Waals surface area contributed by atoms with Gasteiger partial charge in [0.1, 0.15) is 5.82 Å². The van der Waals surface area contributed by atoms with Crippen molar-refractivity contribution in [3.63, 3.8) is 0 Å². The molecule has 0 unspecified atom stereocenters. The average molecular weight is 383 g/mol. The molecule has 28 heavy (non-hydrogen) atoms. The maximum absolute atomic E-state index is 12.6. The van der Waals surface area contributed by atoms with Crippen LogP contribution in [0.15, 0.2) is 36.7 Å². The summed E-state index contributed by atoms with van der Waals surface area (Å²) in [6, 6.07) is 8.20. The van der Waals surface area contributed by atoms with Crippen molar-refractivity contribution in [1.82, 2.24) is 14.5 Å². The van der Waals surface area contributed by atoms with Crippen LogP contribution in [0.5, 0.6) is 0 Å². The number of rotatable bonds is 4. The molecule has 152 valence electrons. The van der Waals surface area contributed by atoms with Crippen LogP contribution in [-0.2, 0) is 12.0 Å². The number of piperidine rings is 1. The monoisotopic (exact) mass is 382 g/mol. The maximum Gasteiger partial charge on any atom is 0.321 e. The van der Waals surface area contributed by atoms with Crippen molar-refractivity contribution in [2.24, 2.45) is 5.92 Å². The Morgan fingerprint density at radius 3 is 2.39 bits per heavy atom. The van der Waals surface area contributed by atoms with Crippen LogP contribution in [0.1, 0.15) is 64.8 Å². The van der Waals surface area contributed by atoms with E-state index in [2.05, 4.69) is 67.8 Å². The van der Waals surface area contributed by atoms with E-state index in [4.69, 9.17) is 0 Å². The number of benzene rings is 1. The average Bonchev–Trinajstić information content (AvgIpc) is 3.10. The number of carbonyl (C=O) groups excluding carboxylic acids is 1. The summed E-state index contributed by atoms with van der Waals surface area (Å²) < 4.78 is 2.28. The summed E-state index contributed by atoms with van der Waals surface area (Å²) in [4.78, 5) is 19.0. The number of anilines is 1. The normalized spacial score (nSPS) is 15.9. The SMILES string of the molecule is CC(C)c1nccn1CC1CCN(C(=O)Nc2ccc(C(C)(C)C)cc2)CC1. The first-order valence-electron chi connectivity index (χ1n) is 10.4. The molecule has 0 radical (unpaired) electrons. The first-order chi connectivity index (χ1) is 13.2. The molecule has 2 aromatic rings. The third-order valence-electron chi connectivity index (χ3n) is 5.62.